The maximum absolute atomic E-state index is 14.7. The number of nitrogens with one attached hydrogen (secondary N) is 1. The first-order valence-corrected chi connectivity index (χ1v) is 20.9. The second-order valence-electron chi connectivity index (χ2n) is 16.6. The molecule has 56 heavy (non-hydrogen) atoms. The van der Waals surface area contributed by atoms with Crippen LogP contribution in [0.2, 0.25) is 0 Å². The van der Waals surface area contributed by atoms with Crippen LogP contribution in [-0.4, -0.2) is 136 Å². The second-order valence-corrected chi connectivity index (χ2v) is 17.7. The number of hydrogen-bond acceptors (Lipinski definition) is 13. The van der Waals surface area contributed by atoms with E-state index in [0.29, 0.717) is 18.6 Å². The lowest BCUT2D eigenvalue weighted by Gasteiger charge is -2.47. The van der Waals surface area contributed by atoms with E-state index in [4.69, 9.17) is 23.7 Å². The number of esters is 1. The third-order valence-electron chi connectivity index (χ3n) is 12.3. The normalized spacial score (nSPS) is 37.7. The number of rotatable bonds is 10. The first kappa shape index (κ1) is 44.0. The molecule has 3 aliphatic heterocycles. The van der Waals surface area contributed by atoms with Crippen LogP contribution >= 0.6 is 11.8 Å². The Balaban J connectivity index is 1.46. The van der Waals surface area contributed by atoms with Gasteiger partial charge in [0.15, 0.2) is 22.8 Å². The predicted molar refractivity (Wildman–Crippen MR) is 211 cm³/mol. The summed E-state index contributed by atoms with van der Waals surface area (Å²) in [6.45, 7) is 14.3. The zero-order valence-electron chi connectivity index (χ0n) is 34.8. The van der Waals surface area contributed by atoms with Gasteiger partial charge in [0, 0.05) is 43.2 Å². The monoisotopic (exact) mass is 802 g/mol. The van der Waals surface area contributed by atoms with Crippen LogP contribution in [0.1, 0.15) is 81.1 Å². The van der Waals surface area contributed by atoms with Crippen molar-refractivity contribution < 1.29 is 48.0 Å². The smallest absolute Gasteiger partial charge is 0.410 e. The minimum absolute atomic E-state index is 0.132. The molecule has 1 aromatic heterocycles. The van der Waals surface area contributed by atoms with Gasteiger partial charge < -0.3 is 43.6 Å². The van der Waals surface area contributed by atoms with E-state index in [1.54, 1.807) is 32.6 Å². The molecule has 2 N–H and O–H groups in total. The lowest BCUT2D eigenvalue weighted by atomic mass is 9.73. The first-order valence-electron chi connectivity index (χ1n) is 19.9. The van der Waals surface area contributed by atoms with Crippen molar-refractivity contribution in [1.29, 1.82) is 0 Å². The van der Waals surface area contributed by atoms with Gasteiger partial charge in [-0.1, -0.05) is 51.6 Å². The van der Waals surface area contributed by atoms with Crippen LogP contribution in [-0.2, 0) is 38.1 Å². The number of ether oxygens (including phenoxy) is 5. The summed E-state index contributed by atoms with van der Waals surface area (Å²) in [4.78, 5) is 68.2. The summed E-state index contributed by atoms with van der Waals surface area (Å²) < 4.78 is 31.2. The van der Waals surface area contributed by atoms with Crippen molar-refractivity contribution >= 4 is 46.4 Å². The van der Waals surface area contributed by atoms with Gasteiger partial charge in [0.25, 0.3) is 0 Å². The van der Waals surface area contributed by atoms with E-state index in [9.17, 15) is 24.3 Å². The summed E-state index contributed by atoms with van der Waals surface area (Å²) in [6, 6.07) is 6.72. The number of para-hydroxylation sites is 2. The van der Waals surface area contributed by atoms with Crippen molar-refractivity contribution in [3.8, 4) is 0 Å². The number of hydrogen-bond donors (Lipinski definition) is 2. The number of benzene rings is 1. The number of nitrogens with zero attached hydrogens (tertiary/aromatic N) is 3. The van der Waals surface area contributed by atoms with E-state index in [-0.39, 0.29) is 37.3 Å². The summed E-state index contributed by atoms with van der Waals surface area (Å²) in [5, 5.41) is 12.2. The summed E-state index contributed by atoms with van der Waals surface area (Å²) in [7, 11) is 5.24. The minimum Gasteiger partial charge on any atom is -0.458 e. The van der Waals surface area contributed by atoms with Crippen molar-refractivity contribution in [2.45, 2.75) is 140 Å². The van der Waals surface area contributed by atoms with Gasteiger partial charge in [-0.05, 0) is 79.6 Å². The van der Waals surface area contributed by atoms with Gasteiger partial charge in [-0.3, -0.25) is 14.4 Å². The fourth-order valence-electron chi connectivity index (χ4n) is 9.11. The highest BCUT2D eigenvalue weighted by atomic mass is 32.2. The minimum atomic E-state index is -1.40. The number of aliphatic hydroxyl groups excluding tert-OH is 1. The molecule has 1 amide bonds. The quantitative estimate of drug-likeness (QED) is 0.138. The Bertz CT molecular complexity index is 1690. The third-order valence-corrected chi connectivity index (χ3v) is 13.3. The van der Waals surface area contributed by atoms with E-state index in [1.807, 2.05) is 64.0 Å². The van der Waals surface area contributed by atoms with Gasteiger partial charge in [0.05, 0.1) is 34.9 Å². The molecule has 0 spiro atoms. The predicted octanol–water partition coefficient (Wildman–Crippen LogP) is 5.25. The summed E-state index contributed by atoms with van der Waals surface area (Å²) >= 11 is 1.54. The highest BCUT2D eigenvalue weighted by Crippen LogP contribution is 2.43. The molecule has 1 aromatic carbocycles. The number of carbonyl (C=O) groups excluding carboxylic acids is 4. The zero-order chi connectivity index (χ0) is 41.3. The number of amides is 1. The lowest BCUT2D eigenvalue weighted by molar-refractivity contribution is -0.295. The van der Waals surface area contributed by atoms with E-state index >= 15 is 0 Å². The van der Waals surface area contributed by atoms with Crippen molar-refractivity contribution in [1.82, 2.24) is 19.8 Å². The summed E-state index contributed by atoms with van der Waals surface area (Å²) in [6.07, 6.45) is -3.47. The van der Waals surface area contributed by atoms with Gasteiger partial charge in [0.2, 0.25) is 0 Å². The van der Waals surface area contributed by atoms with Gasteiger partial charge >= 0.3 is 12.1 Å². The highest BCUT2D eigenvalue weighted by molar-refractivity contribution is 7.99. The number of fused-ring (bicyclic) bond motifs is 2. The zero-order valence-corrected chi connectivity index (χ0v) is 35.6. The van der Waals surface area contributed by atoms with Crippen molar-refractivity contribution in [2.24, 2.45) is 23.7 Å². The van der Waals surface area contributed by atoms with Crippen molar-refractivity contribution in [2.75, 3.05) is 33.5 Å². The van der Waals surface area contributed by atoms with E-state index in [0.717, 1.165) is 16.2 Å². The average molecular weight is 803 g/mol. The number of carbonyl (C=O) groups is 4. The SMILES string of the molecule is CC[C@H]1OC(=O)[C@H](C)C(=O)[C@H](C)[C@@H](O[C@@H]2O[C@H](C)C[C@H](N(C)C)[C@H]2O)[C@@](C)(OC)C[C@@H](C)C(=O)[C@H](C)[C@H]2N(CCCSc3nc4ccccc4[nH]3)C(=O)O[C@]12C. The molecule has 14 nitrogen and oxygen atoms in total. The number of cyclic esters (lactones) is 1. The number of aromatic amines is 1. The number of Topliss-reactive ketones (excluding diaryl/α,β-unsaturated/α-hetero) is 2. The molecule has 0 unspecified atom stereocenters. The Morgan fingerprint density at radius 1 is 1.05 bits per heavy atom. The molecule has 0 bridgehead atoms. The van der Waals surface area contributed by atoms with Crippen molar-refractivity contribution in [3.63, 3.8) is 0 Å². The molecule has 4 heterocycles. The second kappa shape index (κ2) is 17.8. The lowest BCUT2D eigenvalue weighted by Crippen LogP contribution is -2.60. The van der Waals surface area contributed by atoms with E-state index in [1.165, 1.54) is 25.8 Å². The Labute approximate surface area is 335 Å². The maximum Gasteiger partial charge on any atom is 0.410 e. The fraction of sp³-hybridized carbons (Fsp3) is 0.732. The van der Waals surface area contributed by atoms with Crippen LogP contribution in [0.15, 0.2) is 29.4 Å². The Kier molecular flexibility index (Phi) is 14.0. The number of ketones is 2. The standard InChI is InChI=1S/C41H62N4O10S/c1-12-30-41(8)34(45(39(50)55-41)18-15-19-56-38-42-27-16-13-14-17-28(27)43-38)24(4)31(46)22(2)21-40(7,51-11)35(25(5)32(47)26(6)36(49)53-30)54-37-33(48)29(44(9)10)20-23(3)52-37/h13-14,16-17,22-26,29-30,33-35,37,48H,12,15,18-21H2,1-11H3,(H,42,43)/t22-,23-,24+,25+,26-,29+,30-,33-,34-,35-,37+,40+,41-/m1/s1. The van der Waals surface area contributed by atoms with Gasteiger partial charge in [-0.25, -0.2) is 9.78 Å². The van der Waals surface area contributed by atoms with Crippen LogP contribution in [0, 0.1) is 23.7 Å². The highest BCUT2D eigenvalue weighted by Gasteiger charge is 2.60. The van der Waals surface area contributed by atoms with Crippen LogP contribution < -0.4 is 0 Å². The van der Waals surface area contributed by atoms with Gasteiger partial charge in [-0.15, -0.1) is 0 Å². The maximum atomic E-state index is 14.7. The van der Waals surface area contributed by atoms with Crippen LogP contribution in [0.4, 0.5) is 4.79 Å². The number of thioether (sulfide) groups is 1. The molecule has 2 aromatic rings. The summed E-state index contributed by atoms with van der Waals surface area (Å²) in [5.41, 5.74) is -0.851. The Hall–Kier alpha value is -3.08. The summed E-state index contributed by atoms with van der Waals surface area (Å²) in [5.74, 6) is -4.30. The Morgan fingerprint density at radius 3 is 2.39 bits per heavy atom. The van der Waals surface area contributed by atoms with E-state index in [2.05, 4.69) is 9.97 Å². The molecule has 312 valence electrons. The molecule has 5 rings (SSSR count). The Morgan fingerprint density at radius 2 is 1.75 bits per heavy atom. The van der Waals surface area contributed by atoms with Crippen molar-refractivity contribution in [3.05, 3.63) is 24.3 Å². The number of aromatic nitrogens is 2. The molecule has 15 heteroatoms. The molecule has 3 aliphatic rings. The molecule has 13 atom stereocenters. The van der Waals surface area contributed by atoms with Crippen LogP contribution in [0.25, 0.3) is 11.0 Å². The number of aliphatic hydroxyl groups is 1. The number of methoxy groups -OCH3 is 1. The molecular formula is C41H62N4O10S. The molecule has 0 aliphatic carbocycles. The van der Waals surface area contributed by atoms with Crippen LogP contribution in [0.5, 0.6) is 0 Å². The molecule has 0 saturated carbocycles. The number of imidazole rings is 1. The largest absolute Gasteiger partial charge is 0.458 e. The molecular weight excluding hydrogens is 741 g/mol. The number of likely N-dealkylation sites (N-methyl/N-ethyl adjacent to an activating group) is 1. The number of H-pyrrole nitrogens is 1. The van der Waals surface area contributed by atoms with Gasteiger partial charge in [0.1, 0.15) is 23.9 Å². The molecule has 3 fully saturated rings. The van der Waals surface area contributed by atoms with Gasteiger partial charge in [-0.2, -0.15) is 0 Å². The van der Waals surface area contributed by atoms with E-state index < -0.39 is 83.4 Å². The fourth-order valence-corrected chi connectivity index (χ4v) is 9.92. The molecule has 3 saturated heterocycles. The first-order chi connectivity index (χ1) is 26.4. The third kappa shape index (κ3) is 8.82. The molecule has 0 radical (unpaired) electrons. The topological polar surface area (TPSA) is 170 Å². The average Bonchev–Trinajstić information content (AvgIpc) is 3.70. The van der Waals surface area contributed by atoms with Crippen LogP contribution in [0.3, 0.4) is 0 Å².